The van der Waals surface area contributed by atoms with E-state index >= 15 is 0 Å². The summed E-state index contributed by atoms with van der Waals surface area (Å²) >= 11 is 0.877. The summed E-state index contributed by atoms with van der Waals surface area (Å²) in [6, 6.07) is 15.7. The lowest BCUT2D eigenvalue weighted by molar-refractivity contribution is -0.123. The van der Waals surface area contributed by atoms with Gasteiger partial charge in [0.15, 0.2) is 0 Å². The second-order valence-corrected chi connectivity index (χ2v) is 8.28. The van der Waals surface area contributed by atoms with Crippen molar-refractivity contribution in [3.05, 3.63) is 87.5 Å². The molecule has 1 fully saturated rings. The Labute approximate surface area is 183 Å². The summed E-state index contributed by atoms with van der Waals surface area (Å²) in [5, 5.41) is 8.83. The van der Waals surface area contributed by atoms with Gasteiger partial charge in [-0.05, 0) is 61.0 Å². The van der Waals surface area contributed by atoms with E-state index in [1.54, 1.807) is 24.3 Å². The van der Waals surface area contributed by atoms with Gasteiger partial charge in [0.05, 0.1) is 17.0 Å². The van der Waals surface area contributed by atoms with Crippen LogP contribution in [-0.2, 0) is 11.3 Å². The molecule has 3 aromatic rings. The number of hydrogen-bond acceptors (Lipinski definition) is 5. The Morgan fingerprint density at radius 1 is 1.10 bits per heavy atom. The third-order valence-electron chi connectivity index (χ3n) is 4.99. The highest BCUT2D eigenvalue weighted by Crippen LogP contribution is 2.34. The highest BCUT2D eigenvalue weighted by molar-refractivity contribution is 8.18. The summed E-state index contributed by atoms with van der Waals surface area (Å²) in [6.45, 7) is 4.18. The maximum atomic E-state index is 12.8. The van der Waals surface area contributed by atoms with Crippen molar-refractivity contribution in [2.24, 2.45) is 0 Å². The predicted octanol–water partition coefficient (Wildman–Crippen LogP) is 5.50. The van der Waals surface area contributed by atoms with Gasteiger partial charge in [0.2, 0.25) is 0 Å². The second kappa shape index (κ2) is 8.28. The van der Waals surface area contributed by atoms with E-state index in [9.17, 15) is 14.4 Å². The maximum Gasteiger partial charge on any atom is 0.335 e. The lowest BCUT2D eigenvalue weighted by Crippen LogP contribution is -2.27. The number of carbonyl (C=O) groups excluding carboxylic acids is 2. The molecule has 0 bridgehead atoms. The number of benzene rings is 2. The molecule has 2 aromatic carbocycles. The number of nitrogens with zero attached hydrogens (tertiary/aromatic N) is 1. The van der Waals surface area contributed by atoms with Crippen LogP contribution < -0.4 is 0 Å². The predicted molar refractivity (Wildman–Crippen MR) is 119 cm³/mol. The number of aromatic carboxylic acids is 1. The number of hydrogen-bond donors (Lipinski definition) is 1. The van der Waals surface area contributed by atoms with Gasteiger partial charge < -0.3 is 9.52 Å². The minimum Gasteiger partial charge on any atom is -0.478 e. The fourth-order valence-electron chi connectivity index (χ4n) is 3.35. The van der Waals surface area contributed by atoms with Gasteiger partial charge in [-0.2, -0.15) is 0 Å². The average molecular weight is 433 g/mol. The van der Waals surface area contributed by atoms with E-state index in [4.69, 9.17) is 9.52 Å². The maximum absolute atomic E-state index is 12.8. The molecule has 0 atom stereocenters. The molecular weight excluding hydrogens is 414 g/mol. The summed E-state index contributed by atoms with van der Waals surface area (Å²) in [5.41, 5.74) is 3.85. The highest BCUT2D eigenvalue weighted by atomic mass is 32.2. The topological polar surface area (TPSA) is 87.8 Å². The molecular formula is C24H19NO5S. The Kier molecular flexibility index (Phi) is 5.52. The largest absolute Gasteiger partial charge is 0.478 e. The molecule has 156 valence electrons. The molecule has 1 aliphatic heterocycles. The fourth-order valence-corrected chi connectivity index (χ4v) is 4.17. The van der Waals surface area contributed by atoms with Crippen molar-refractivity contribution in [2.45, 2.75) is 20.4 Å². The number of carboxylic acids is 1. The number of imide groups is 1. The number of thioether (sulfide) groups is 1. The number of rotatable bonds is 5. The van der Waals surface area contributed by atoms with Crippen LogP contribution in [0, 0.1) is 13.8 Å². The van der Waals surface area contributed by atoms with Crippen molar-refractivity contribution >= 4 is 35.0 Å². The molecule has 0 spiro atoms. The van der Waals surface area contributed by atoms with Gasteiger partial charge >= 0.3 is 5.97 Å². The number of furan rings is 1. The summed E-state index contributed by atoms with van der Waals surface area (Å²) in [6.07, 6.45) is 1.54. The van der Waals surface area contributed by atoms with E-state index in [2.05, 4.69) is 0 Å². The van der Waals surface area contributed by atoms with Crippen molar-refractivity contribution < 1.29 is 23.9 Å². The molecule has 0 aliphatic carbocycles. The van der Waals surface area contributed by atoms with E-state index in [1.165, 1.54) is 23.1 Å². The lowest BCUT2D eigenvalue weighted by Gasteiger charge is -2.14. The molecule has 6 nitrogen and oxygen atoms in total. The van der Waals surface area contributed by atoms with Gasteiger partial charge in [-0.25, -0.2) is 4.79 Å². The van der Waals surface area contributed by atoms with Crippen LogP contribution in [0.15, 0.2) is 63.9 Å². The van der Waals surface area contributed by atoms with Crippen LogP contribution in [0.3, 0.4) is 0 Å². The summed E-state index contributed by atoms with van der Waals surface area (Å²) in [5.74, 6) is -0.497. The Morgan fingerprint density at radius 2 is 1.90 bits per heavy atom. The molecule has 2 amide bonds. The molecule has 1 N–H and O–H groups in total. The van der Waals surface area contributed by atoms with Gasteiger partial charge in [-0.1, -0.05) is 35.9 Å². The van der Waals surface area contributed by atoms with Gasteiger partial charge in [-0.15, -0.1) is 0 Å². The molecule has 1 aromatic heterocycles. The fraction of sp³-hybridized carbons (Fsp3) is 0.125. The molecule has 7 heteroatoms. The molecule has 0 saturated carbocycles. The van der Waals surface area contributed by atoms with Crippen molar-refractivity contribution in [3.8, 4) is 11.3 Å². The number of carboxylic acid groups (broad SMARTS) is 1. The first kappa shape index (κ1) is 20.7. The Balaban J connectivity index is 1.55. The zero-order chi connectivity index (χ0) is 22.1. The third-order valence-corrected chi connectivity index (χ3v) is 5.90. The van der Waals surface area contributed by atoms with Gasteiger partial charge in [0, 0.05) is 11.6 Å². The Bertz CT molecular complexity index is 1240. The van der Waals surface area contributed by atoms with Crippen molar-refractivity contribution in [2.75, 3.05) is 0 Å². The Hall–Kier alpha value is -3.58. The SMILES string of the molecule is Cc1ccc(CN2C(=O)SC(=Cc3ccc(-c4cccc(C(=O)O)c4)o3)C2=O)c(C)c1. The summed E-state index contributed by atoms with van der Waals surface area (Å²) < 4.78 is 5.77. The zero-order valence-electron chi connectivity index (χ0n) is 16.9. The smallest absolute Gasteiger partial charge is 0.335 e. The summed E-state index contributed by atoms with van der Waals surface area (Å²) in [7, 11) is 0. The first-order valence-corrected chi connectivity index (χ1v) is 10.4. The Morgan fingerprint density at radius 3 is 2.65 bits per heavy atom. The van der Waals surface area contributed by atoms with Crippen LogP contribution in [0.1, 0.15) is 32.8 Å². The third kappa shape index (κ3) is 4.32. The van der Waals surface area contributed by atoms with Crippen LogP contribution in [0.2, 0.25) is 0 Å². The van der Waals surface area contributed by atoms with E-state index in [-0.39, 0.29) is 28.2 Å². The van der Waals surface area contributed by atoms with Crippen LogP contribution in [-0.4, -0.2) is 27.1 Å². The molecule has 1 saturated heterocycles. The van der Waals surface area contributed by atoms with Crippen molar-refractivity contribution in [3.63, 3.8) is 0 Å². The molecule has 0 radical (unpaired) electrons. The van der Waals surface area contributed by atoms with Crippen molar-refractivity contribution in [1.29, 1.82) is 0 Å². The standard InChI is InChI=1S/C24H19NO5S/c1-14-6-7-18(15(2)10-14)13-25-22(26)21(31-24(25)29)12-19-8-9-20(30-19)16-4-3-5-17(11-16)23(27)28/h3-12H,13H2,1-2H3,(H,27,28). The average Bonchev–Trinajstić information content (AvgIpc) is 3.30. The van der Waals surface area contributed by atoms with Crippen LogP contribution >= 0.6 is 11.8 Å². The zero-order valence-corrected chi connectivity index (χ0v) is 17.7. The van der Waals surface area contributed by atoms with Crippen molar-refractivity contribution in [1.82, 2.24) is 4.90 Å². The minimum absolute atomic E-state index is 0.156. The van der Waals surface area contributed by atoms with E-state index in [0.29, 0.717) is 17.1 Å². The van der Waals surface area contributed by atoms with Crippen LogP contribution in [0.25, 0.3) is 17.4 Å². The first-order valence-electron chi connectivity index (χ1n) is 9.57. The molecule has 0 unspecified atom stereocenters. The quantitative estimate of drug-likeness (QED) is 0.535. The number of amides is 2. The normalized spacial score (nSPS) is 15.2. The molecule has 31 heavy (non-hydrogen) atoms. The van der Waals surface area contributed by atoms with Gasteiger partial charge in [0.25, 0.3) is 11.1 Å². The highest BCUT2D eigenvalue weighted by Gasteiger charge is 2.35. The van der Waals surface area contributed by atoms with E-state index in [1.807, 2.05) is 32.0 Å². The first-order chi connectivity index (χ1) is 14.8. The molecule has 4 rings (SSSR count). The molecule has 2 heterocycles. The van der Waals surface area contributed by atoms with E-state index in [0.717, 1.165) is 28.5 Å². The van der Waals surface area contributed by atoms with Crippen LogP contribution in [0.4, 0.5) is 4.79 Å². The minimum atomic E-state index is -1.02. The van der Waals surface area contributed by atoms with Gasteiger partial charge in [0.1, 0.15) is 11.5 Å². The van der Waals surface area contributed by atoms with Gasteiger partial charge in [-0.3, -0.25) is 14.5 Å². The summed E-state index contributed by atoms with van der Waals surface area (Å²) in [4.78, 5) is 37.9. The monoisotopic (exact) mass is 433 g/mol. The van der Waals surface area contributed by atoms with E-state index < -0.39 is 5.97 Å². The number of carbonyl (C=O) groups is 3. The lowest BCUT2D eigenvalue weighted by atomic mass is 10.1. The number of aryl methyl sites for hydroxylation is 2. The van der Waals surface area contributed by atoms with Crippen LogP contribution in [0.5, 0.6) is 0 Å². The molecule has 1 aliphatic rings. The second-order valence-electron chi connectivity index (χ2n) is 7.29.